The van der Waals surface area contributed by atoms with Crippen molar-refractivity contribution in [2.24, 2.45) is 0 Å². The number of halogens is 2. The van der Waals surface area contributed by atoms with Crippen LogP contribution < -0.4 is 15.0 Å². The summed E-state index contributed by atoms with van der Waals surface area (Å²) in [6.45, 7) is 6.28. The van der Waals surface area contributed by atoms with E-state index in [2.05, 4.69) is 24.1 Å². The SMILES string of the molecule is CNc1nc(CN2CCC(F)(F)CC2)nc2c1C(C)(C)CN2c1ccc(Oc2ccccc2)cc1. The van der Waals surface area contributed by atoms with Gasteiger partial charge in [-0.3, -0.25) is 4.90 Å². The molecule has 3 aromatic rings. The molecular weight excluding hydrogens is 448 g/mol. The zero-order chi connectivity index (χ0) is 24.6. The van der Waals surface area contributed by atoms with E-state index in [0.29, 0.717) is 25.5 Å². The van der Waals surface area contributed by atoms with Crippen LogP contribution in [0.15, 0.2) is 54.6 Å². The summed E-state index contributed by atoms with van der Waals surface area (Å²) < 4.78 is 33.2. The molecule has 5 rings (SSSR count). The van der Waals surface area contributed by atoms with E-state index in [0.717, 1.165) is 40.9 Å². The number of anilines is 3. The molecule has 1 N–H and O–H groups in total. The minimum Gasteiger partial charge on any atom is -0.457 e. The number of piperidine rings is 1. The van der Waals surface area contributed by atoms with Gasteiger partial charge >= 0.3 is 0 Å². The lowest BCUT2D eigenvalue weighted by Crippen LogP contribution is -2.39. The third kappa shape index (κ3) is 4.93. The average molecular weight is 480 g/mol. The van der Waals surface area contributed by atoms with Crippen LogP contribution in [0, 0.1) is 0 Å². The summed E-state index contributed by atoms with van der Waals surface area (Å²) in [6, 6.07) is 17.7. The molecule has 2 aliphatic heterocycles. The minimum atomic E-state index is -2.57. The van der Waals surface area contributed by atoms with E-state index in [1.54, 1.807) is 0 Å². The lowest BCUT2D eigenvalue weighted by atomic mass is 9.88. The number of nitrogens with one attached hydrogen (secondary N) is 1. The van der Waals surface area contributed by atoms with E-state index >= 15 is 0 Å². The Morgan fingerprint density at radius 3 is 2.26 bits per heavy atom. The molecule has 3 heterocycles. The number of hydrogen-bond donors (Lipinski definition) is 1. The maximum atomic E-state index is 13.6. The Bertz CT molecular complexity index is 1170. The summed E-state index contributed by atoms with van der Waals surface area (Å²) in [5.41, 5.74) is 1.92. The van der Waals surface area contributed by atoms with Gasteiger partial charge in [0, 0.05) is 56.2 Å². The van der Waals surface area contributed by atoms with Gasteiger partial charge in [-0.15, -0.1) is 0 Å². The van der Waals surface area contributed by atoms with Gasteiger partial charge in [0.15, 0.2) is 0 Å². The first kappa shape index (κ1) is 23.5. The number of para-hydroxylation sites is 1. The van der Waals surface area contributed by atoms with Crippen molar-refractivity contribution in [2.75, 3.05) is 36.9 Å². The molecule has 0 amide bonds. The number of ether oxygens (including phenoxy) is 1. The second-order valence-corrected chi connectivity index (χ2v) is 9.95. The number of aromatic nitrogens is 2. The van der Waals surface area contributed by atoms with Crippen LogP contribution in [0.25, 0.3) is 0 Å². The van der Waals surface area contributed by atoms with Crippen LogP contribution in [0.2, 0.25) is 0 Å². The summed E-state index contributed by atoms with van der Waals surface area (Å²) in [6.07, 6.45) is -0.235. The van der Waals surface area contributed by atoms with Crippen LogP contribution in [0.4, 0.5) is 26.1 Å². The van der Waals surface area contributed by atoms with Gasteiger partial charge in [-0.1, -0.05) is 32.0 Å². The Kier molecular flexibility index (Phi) is 6.09. The molecule has 6 nitrogen and oxygen atoms in total. The Morgan fingerprint density at radius 2 is 1.60 bits per heavy atom. The molecular formula is C27H31F2N5O. The number of fused-ring (bicyclic) bond motifs is 1. The van der Waals surface area contributed by atoms with Gasteiger partial charge in [-0.25, -0.2) is 18.7 Å². The first-order valence-corrected chi connectivity index (χ1v) is 12.0. The van der Waals surface area contributed by atoms with Crippen molar-refractivity contribution in [2.45, 2.75) is 44.6 Å². The topological polar surface area (TPSA) is 53.5 Å². The summed E-state index contributed by atoms with van der Waals surface area (Å²) in [7, 11) is 1.86. The number of hydrogen-bond acceptors (Lipinski definition) is 6. The molecule has 8 heteroatoms. The van der Waals surface area contributed by atoms with Crippen molar-refractivity contribution in [1.29, 1.82) is 0 Å². The van der Waals surface area contributed by atoms with Crippen molar-refractivity contribution >= 4 is 17.3 Å². The molecule has 0 aliphatic carbocycles. The largest absolute Gasteiger partial charge is 0.457 e. The van der Waals surface area contributed by atoms with Gasteiger partial charge in [0.25, 0.3) is 5.92 Å². The van der Waals surface area contributed by atoms with Gasteiger partial charge in [0.05, 0.1) is 6.54 Å². The minimum absolute atomic E-state index is 0.118. The van der Waals surface area contributed by atoms with Crippen molar-refractivity contribution in [3.8, 4) is 11.5 Å². The highest BCUT2D eigenvalue weighted by atomic mass is 19.3. The van der Waals surface area contributed by atoms with Gasteiger partial charge in [0.2, 0.25) is 0 Å². The fourth-order valence-corrected chi connectivity index (χ4v) is 4.88. The molecule has 1 aromatic heterocycles. The lowest BCUT2D eigenvalue weighted by Gasteiger charge is -2.31. The van der Waals surface area contributed by atoms with Crippen molar-refractivity contribution in [1.82, 2.24) is 14.9 Å². The highest BCUT2D eigenvalue weighted by Crippen LogP contribution is 2.46. The lowest BCUT2D eigenvalue weighted by molar-refractivity contribution is -0.0570. The van der Waals surface area contributed by atoms with Crippen molar-refractivity contribution < 1.29 is 13.5 Å². The summed E-state index contributed by atoms with van der Waals surface area (Å²) >= 11 is 0. The third-order valence-electron chi connectivity index (χ3n) is 6.74. The maximum Gasteiger partial charge on any atom is 0.250 e. The standard InChI is InChI=1S/C27H31F2N5O/c1-26(2)18-34(19-9-11-21(12-10-19)35-20-7-5-4-6-8-20)25-23(26)24(30-3)31-22(32-25)17-33-15-13-27(28,29)14-16-33/h4-12H,13-18H2,1-3H3,(H,30,31,32). The molecule has 0 radical (unpaired) electrons. The van der Waals surface area contributed by atoms with Crippen LogP contribution in [0.1, 0.15) is 38.1 Å². The Balaban J connectivity index is 1.42. The molecule has 0 atom stereocenters. The molecule has 0 unspecified atom stereocenters. The van der Waals surface area contributed by atoms with Crippen LogP contribution in [-0.4, -0.2) is 47.5 Å². The highest BCUT2D eigenvalue weighted by molar-refractivity contribution is 5.74. The Hall–Kier alpha value is -3.26. The van der Waals surface area contributed by atoms with Crippen LogP contribution in [0.3, 0.4) is 0 Å². The first-order chi connectivity index (χ1) is 16.7. The Labute approximate surface area is 205 Å². The monoisotopic (exact) mass is 479 g/mol. The van der Waals surface area contributed by atoms with E-state index in [9.17, 15) is 8.78 Å². The highest BCUT2D eigenvalue weighted by Gasteiger charge is 2.41. The van der Waals surface area contributed by atoms with Gasteiger partial charge in [-0.2, -0.15) is 0 Å². The van der Waals surface area contributed by atoms with E-state index in [4.69, 9.17) is 14.7 Å². The first-order valence-electron chi connectivity index (χ1n) is 12.0. The number of alkyl halides is 2. The summed E-state index contributed by atoms with van der Waals surface area (Å²) in [5, 5.41) is 3.25. The molecule has 0 bridgehead atoms. The zero-order valence-corrected chi connectivity index (χ0v) is 20.4. The van der Waals surface area contributed by atoms with E-state index in [1.165, 1.54) is 0 Å². The fraction of sp³-hybridized carbons (Fsp3) is 0.407. The molecule has 35 heavy (non-hydrogen) atoms. The fourth-order valence-electron chi connectivity index (χ4n) is 4.88. The molecule has 2 aliphatic rings. The number of benzene rings is 2. The van der Waals surface area contributed by atoms with Crippen LogP contribution in [0.5, 0.6) is 11.5 Å². The molecule has 184 valence electrons. The normalized spacial score (nSPS) is 18.8. The van der Waals surface area contributed by atoms with Crippen molar-refractivity contribution in [3.05, 3.63) is 66.0 Å². The Morgan fingerprint density at radius 1 is 0.943 bits per heavy atom. The smallest absolute Gasteiger partial charge is 0.250 e. The van der Waals surface area contributed by atoms with E-state index in [-0.39, 0.29) is 18.3 Å². The number of rotatable bonds is 6. The number of nitrogens with zero attached hydrogens (tertiary/aromatic N) is 4. The predicted octanol–water partition coefficient (Wildman–Crippen LogP) is 5.97. The molecule has 2 aromatic carbocycles. The van der Waals surface area contributed by atoms with Crippen molar-refractivity contribution in [3.63, 3.8) is 0 Å². The second-order valence-electron chi connectivity index (χ2n) is 9.95. The quantitative estimate of drug-likeness (QED) is 0.470. The van der Waals surface area contributed by atoms with Gasteiger partial charge in [0.1, 0.15) is 29.0 Å². The molecule has 0 saturated carbocycles. The second kappa shape index (κ2) is 9.07. The van der Waals surface area contributed by atoms with Gasteiger partial charge < -0.3 is 15.0 Å². The maximum absolute atomic E-state index is 13.6. The average Bonchev–Trinajstić information content (AvgIpc) is 3.12. The predicted molar refractivity (Wildman–Crippen MR) is 134 cm³/mol. The van der Waals surface area contributed by atoms with Crippen LogP contribution in [-0.2, 0) is 12.0 Å². The zero-order valence-electron chi connectivity index (χ0n) is 20.4. The number of likely N-dealkylation sites (tertiary alicyclic amines) is 1. The van der Waals surface area contributed by atoms with Gasteiger partial charge in [-0.05, 0) is 36.4 Å². The summed E-state index contributed by atoms with van der Waals surface area (Å²) in [4.78, 5) is 13.9. The van der Waals surface area contributed by atoms with Crippen LogP contribution >= 0.6 is 0 Å². The van der Waals surface area contributed by atoms with E-state index in [1.807, 2.05) is 66.5 Å². The molecule has 0 spiro atoms. The third-order valence-corrected chi connectivity index (χ3v) is 6.74. The summed E-state index contributed by atoms with van der Waals surface area (Å²) in [5.74, 6) is 1.29. The van der Waals surface area contributed by atoms with E-state index < -0.39 is 5.92 Å². The molecule has 1 saturated heterocycles. The molecule has 1 fully saturated rings.